The van der Waals surface area contributed by atoms with Gasteiger partial charge in [0.1, 0.15) is 12.6 Å². The maximum Gasteiger partial charge on any atom is 0.323 e. The van der Waals surface area contributed by atoms with Crippen molar-refractivity contribution in [3.8, 4) is 0 Å². The molecule has 0 bridgehead atoms. The van der Waals surface area contributed by atoms with Gasteiger partial charge in [-0.05, 0) is 30.5 Å². The summed E-state index contributed by atoms with van der Waals surface area (Å²) in [4.78, 5) is 14.6. The van der Waals surface area contributed by atoms with E-state index in [0.29, 0.717) is 6.61 Å². The summed E-state index contributed by atoms with van der Waals surface area (Å²) >= 11 is 0. The van der Waals surface area contributed by atoms with Gasteiger partial charge in [0.15, 0.2) is 0 Å². The van der Waals surface area contributed by atoms with Crippen molar-refractivity contribution >= 4 is 5.97 Å². The van der Waals surface area contributed by atoms with E-state index in [0.717, 1.165) is 31.5 Å². The van der Waals surface area contributed by atoms with Crippen molar-refractivity contribution in [1.82, 2.24) is 4.90 Å². The van der Waals surface area contributed by atoms with E-state index in [9.17, 15) is 4.79 Å². The molecule has 1 atom stereocenters. The zero-order valence-corrected chi connectivity index (χ0v) is 12.7. The van der Waals surface area contributed by atoms with Gasteiger partial charge in [-0.15, -0.1) is 0 Å². The van der Waals surface area contributed by atoms with Crippen molar-refractivity contribution in [2.24, 2.45) is 0 Å². The van der Waals surface area contributed by atoms with Crippen LogP contribution >= 0.6 is 0 Å². The molecule has 3 heteroatoms. The maximum atomic E-state index is 12.4. The van der Waals surface area contributed by atoms with Crippen LogP contribution in [0.5, 0.6) is 0 Å². The Kier molecular flexibility index (Phi) is 4.86. The van der Waals surface area contributed by atoms with Crippen LogP contribution in [0.2, 0.25) is 0 Å². The molecule has 0 saturated carbocycles. The van der Waals surface area contributed by atoms with E-state index in [4.69, 9.17) is 4.74 Å². The lowest BCUT2D eigenvalue weighted by Gasteiger charge is -2.23. The number of rotatable bonds is 5. The highest BCUT2D eigenvalue weighted by atomic mass is 16.5. The molecule has 1 unspecified atom stereocenters. The quantitative estimate of drug-likeness (QED) is 0.792. The molecule has 0 aromatic heterocycles. The van der Waals surface area contributed by atoms with Crippen LogP contribution in [0.25, 0.3) is 0 Å². The van der Waals surface area contributed by atoms with Gasteiger partial charge in [0, 0.05) is 6.54 Å². The summed E-state index contributed by atoms with van der Waals surface area (Å²) in [6.45, 7) is 2.13. The molecule has 2 aromatic rings. The minimum absolute atomic E-state index is 0.0997. The van der Waals surface area contributed by atoms with Gasteiger partial charge < -0.3 is 4.74 Å². The lowest BCUT2D eigenvalue weighted by Crippen LogP contribution is -2.36. The molecular formula is C19H21NO2. The maximum absolute atomic E-state index is 12.4. The van der Waals surface area contributed by atoms with Crippen LogP contribution in [-0.2, 0) is 22.7 Å². The molecule has 0 N–H and O–H groups in total. The number of hydrogen-bond donors (Lipinski definition) is 0. The molecule has 3 rings (SSSR count). The number of ether oxygens (including phenoxy) is 1. The van der Waals surface area contributed by atoms with Gasteiger partial charge in [0.05, 0.1) is 0 Å². The Bertz CT molecular complexity index is 597. The van der Waals surface area contributed by atoms with E-state index < -0.39 is 0 Å². The normalized spacial score (nSPS) is 18.3. The SMILES string of the molecule is O=C(OCc1ccccc1)C1CCCN1Cc1ccccc1. The van der Waals surface area contributed by atoms with Gasteiger partial charge in [0.25, 0.3) is 0 Å². The summed E-state index contributed by atoms with van der Waals surface area (Å²) in [6, 6.07) is 20.0. The van der Waals surface area contributed by atoms with Crippen LogP contribution in [0.15, 0.2) is 60.7 Å². The first-order valence-corrected chi connectivity index (χ1v) is 7.81. The molecule has 22 heavy (non-hydrogen) atoms. The molecule has 3 nitrogen and oxygen atoms in total. The zero-order valence-electron chi connectivity index (χ0n) is 12.7. The molecule has 0 radical (unpaired) electrons. The van der Waals surface area contributed by atoms with Gasteiger partial charge in [-0.3, -0.25) is 9.69 Å². The van der Waals surface area contributed by atoms with E-state index in [1.165, 1.54) is 5.56 Å². The Morgan fingerprint density at radius 2 is 1.64 bits per heavy atom. The summed E-state index contributed by atoms with van der Waals surface area (Å²) in [7, 11) is 0. The Labute approximate surface area is 131 Å². The Morgan fingerprint density at radius 1 is 1.00 bits per heavy atom. The fourth-order valence-corrected chi connectivity index (χ4v) is 2.93. The largest absolute Gasteiger partial charge is 0.460 e. The molecule has 0 aliphatic carbocycles. The van der Waals surface area contributed by atoms with Crippen LogP contribution in [0.3, 0.4) is 0 Å². The second-order valence-electron chi connectivity index (χ2n) is 5.71. The third-order valence-electron chi connectivity index (χ3n) is 4.09. The van der Waals surface area contributed by atoms with E-state index in [-0.39, 0.29) is 12.0 Å². The highest BCUT2D eigenvalue weighted by Gasteiger charge is 2.31. The fourth-order valence-electron chi connectivity index (χ4n) is 2.93. The minimum atomic E-state index is -0.107. The average Bonchev–Trinajstić information content (AvgIpc) is 3.03. The summed E-state index contributed by atoms with van der Waals surface area (Å²) in [6.07, 6.45) is 1.94. The molecule has 1 heterocycles. The van der Waals surface area contributed by atoms with Gasteiger partial charge >= 0.3 is 5.97 Å². The number of esters is 1. The third-order valence-corrected chi connectivity index (χ3v) is 4.09. The number of hydrogen-bond acceptors (Lipinski definition) is 3. The van der Waals surface area contributed by atoms with E-state index in [2.05, 4.69) is 17.0 Å². The number of carbonyl (C=O) groups is 1. The highest BCUT2D eigenvalue weighted by Crippen LogP contribution is 2.21. The molecule has 1 aliphatic heterocycles. The Morgan fingerprint density at radius 3 is 2.32 bits per heavy atom. The van der Waals surface area contributed by atoms with Gasteiger partial charge in [0.2, 0.25) is 0 Å². The van der Waals surface area contributed by atoms with E-state index >= 15 is 0 Å². The zero-order chi connectivity index (χ0) is 15.2. The summed E-state index contributed by atoms with van der Waals surface area (Å²) in [5, 5.41) is 0. The molecule has 0 spiro atoms. The fraction of sp³-hybridized carbons (Fsp3) is 0.316. The molecule has 1 aliphatic rings. The number of likely N-dealkylation sites (tertiary alicyclic amines) is 1. The summed E-state index contributed by atoms with van der Waals surface area (Å²) in [5.74, 6) is -0.0997. The Balaban J connectivity index is 1.57. The first kappa shape index (κ1) is 14.8. The first-order chi connectivity index (χ1) is 10.8. The van der Waals surface area contributed by atoms with Gasteiger partial charge in [-0.25, -0.2) is 0 Å². The average molecular weight is 295 g/mol. The van der Waals surface area contributed by atoms with Crippen molar-refractivity contribution in [1.29, 1.82) is 0 Å². The molecule has 1 fully saturated rings. The van der Waals surface area contributed by atoms with Gasteiger partial charge in [-0.1, -0.05) is 60.7 Å². The lowest BCUT2D eigenvalue weighted by atomic mass is 10.2. The molecule has 114 valence electrons. The Hall–Kier alpha value is -2.13. The topological polar surface area (TPSA) is 29.5 Å². The van der Waals surface area contributed by atoms with Crippen molar-refractivity contribution in [3.63, 3.8) is 0 Å². The highest BCUT2D eigenvalue weighted by molar-refractivity contribution is 5.76. The molecule has 2 aromatic carbocycles. The van der Waals surface area contributed by atoms with Crippen LogP contribution in [-0.4, -0.2) is 23.5 Å². The van der Waals surface area contributed by atoms with Crippen LogP contribution in [0.1, 0.15) is 24.0 Å². The third kappa shape index (κ3) is 3.74. The van der Waals surface area contributed by atoms with Gasteiger partial charge in [-0.2, -0.15) is 0 Å². The molecule has 1 saturated heterocycles. The number of nitrogens with zero attached hydrogens (tertiary/aromatic N) is 1. The predicted octanol–water partition coefficient (Wildman–Crippen LogP) is 3.39. The number of benzene rings is 2. The van der Waals surface area contributed by atoms with E-state index in [1.807, 2.05) is 48.5 Å². The van der Waals surface area contributed by atoms with Crippen molar-refractivity contribution in [3.05, 3.63) is 71.8 Å². The molecule has 0 amide bonds. The second-order valence-corrected chi connectivity index (χ2v) is 5.71. The van der Waals surface area contributed by atoms with E-state index in [1.54, 1.807) is 0 Å². The first-order valence-electron chi connectivity index (χ1n) is 7.81. The minimum Gasteiger partial charge on any atom is -0.460 e. The summed E-state index contributed by atoms with van der Waals surface area (Å²) < 4.78 is 5.50. The van der Waals surface area contributed by atoms with Crippen molar-refractivity contribution in [2.75, 3.05) is 6.54 Å². The van der Waals surface area contributed by atoms with Crippen LogP contribution in [0, 0.1) is 0 Å². The smallest absolute Gasteiger partial charge is 0.323 e. The predicted molar refractivity (Wildman–Crippen MR) is 86.1 cm³/mol. The summed E-state index contributed by atoms with van der Waals surface area (Å²) in [5.41, 5.74) is 2.27. The van der Waals surface area contributed by atoms with Crippen LogP contribution in [0.4, 0.5) is 0 Å². The monoisotopic (exact) mass is 295 g/mol. The second kappa shape index (κ2) is 7.23. The molecular weight excluding hydrogens is 274 g/mol. The van der Waals surface area contributed by atoms with Crippen molar-refractivity contribution in [2.45, 2.75) is 32.0 Å². The lowest BCUT2D eigenvalue weighted by molar-refractivity contribution is -0.150. The number of carbonyl (C=O) groups excluding carboxylic acids is 1. The van der Waals surface area contributed by atoms with Crippen LogP contribution < -0.4 is 0 Å². The van der Waals surface area contributed by atoms with Crippen molar-refractivity contribution < 1.29 is 9.53 Å². The standard InChI is InChI=1S/C19H21NO2/c21-19(22-15-17-10-5-2-6-11-17)18-12-7-13-20(18)14-16-8-3-1-4-9-16/h1-6,8-11,18H,7,12-15H2.